The Hall–Kier alpha value is -1.73. The van der Waals surface area contributed by atoms with Crippen LogP contribution in [0.4, 0.5) is 0 Å². The molecule has 126 valence electrons. The highest BCUT2D eigenvalue weighted by molar-refractivity contribution is 5.05. The number of ether oxygens (including phenoxy) is 1. The maximum Gasteiger partial charge on any atom is 0.163 e. The van der Waals surface area contributed by atoms with Crippen LogP contribution in [-0.4, -0.2) is 49.1 Å². The Kier molecular flexibility index (Phi) is 5.07. The number of hydrogen-bond acceptors (Lipinski definition) is 5. The van der Waals surface area contributed by atoms with Gasteiger partial charge in [0, 0.05) is 44.5 Å². The van der Waals surface area contributed by atoms with E-state index in [0.717, 1.165) is 45.2 Å². The van der Waals surface area contributed by atoms with Crippen LogP contribution >= 0.6 is 0 Å². The van der Waals surface area contributed by atoms with Gasteiger partial charge in [0.1, 0.15) is 12.4 Å². The summed E-state index contributed by atoms with van der Waals surface area (Å²) in [4.78, 5) is 2.40. The van der Waals surface area contributed by atoms with Crippen LogP contribution in [0.3, 0.4) is 0 Å². The molecule has 0 spiro atoms. The highest BCUT2D eigenvalue weighted by Crippen LogP contribution is 2.21. The monoisotopic (exact) mass is 318 g/mol. The van der Waals surface area contributed by atoms with Gasteiger partial charge in [-0.1, -0.05) is 13.8 Å². The number of aryl methyl sites for hydroxylation is 1. The molecule has 1 saturated heterocycles. The molecule has 0 unspecified atom stereocenters. The largest absolute Gasteiger partial charge is 0.368 e. The Morgan fingerprint density at radius 1 is 1.39 bits per heavy atom. The highest BCUT2D eigenvalue weighted by Gasteiger charge is 2.26. The number of hydrogen-bond donors (Lipinski definition) is 0. The first-order chi connectivity index (χ1) is 11.2. The molecular weight excluding hydrogens is 292 g/mol. The third kappa shape index (κ3) is 3.97. The van der Waals surface area contributed by atoms with Crippen LogP contribution in [0.5, 0.6) is 0 Å². The molecule has 0 N–H and O–H groups in total. The summed E-state index contributed by atoms with van der Waals surface area (Å²) in [5, 5.41) is 12.7. The van der Waals surface area contributed by atoms with Crippen molar-refractivity contribution in [1.82, 2.24) is 29.4 Å². The minimum absolute atomic E-state index is 0.00286. The topological polar surface area (TPSA) is 61.0 Å². The second-order valence-corrected chi connectivity index (χ2v) is 6.53. The maximum atomic E-state index is 5.90. The first-order valence-electron chi connectivity index (χ1n) is 8.38. The molecule has 3 rings (SSSR count). The molecule has 23 heavy (non-hydrogen) atoms. The molecule has 0 aliphatic carbocycles. The molecular formula is C16H26N6O. The van der Waals surface area contributed by atoms with Crippen LogP contribution in [0.15, 0.2) is 18.7 Å². The molecule has 1 fully saturated rings. The fourth-order valence-corrected chi connectivity index (χ4v) is 2.98. The zero-order valence-electron chi connectivity index (χ0n) is 14.2. The van der Waals surface area contributed by atoms with Gasteiger partial charge in [0.2, 0.25) is 0 Å². The van der Waals surface area contributed by atoms with Crippen LogP contribution in [0.2, 0.25) is 0 Å². The van der Waals surface area contributed by atoms with Crippen molar-refractivity contribution in [2.75, 3.05) is 19.7 Å². The lowest BCUT2D eigenvalue weighted by Crippen LogP contribution is -2.38. The first kappa shape index (κ1) is 16.1. The van der Waals surface area contributed by atoms with Gasteiger partial charge in [-0.25, -0.2) is 0 Å². The van der Waals surface area contributed by atoms with E-state index in [-0.39, 0.29) is 6.10 Å². The Labute approximate surface area is 137 Å². The van der Waals surface area contributed by atoms with Crippen molar-refractivity contribution in [2.24, 2.45) is 5.92 Å². The van der Waals surface area contributed by atoms with Gasteiger partial charge in [0.25, 0.3) is 0 Å². The van der Waals surface area contributed by atoms with E-state index >= 15 is 0 Å². The van der Waals surface area contributed by atoms with E-state index in [2.05, 4.69) is 51.7 Å². The van der Waals surface area contributed by atoms with Gasteiger partial charge in [0.05, 0.1) is 12.8 Å². The summed E-state index contributed by atoms with van der Waals surface area (Å²) in [6.45, 7) is 11.7. The molecule has 2 aromatic heterocycles. The quantitative estimate of drug-likeness (QED) is 0.811. The van der Waals surface area contributed by atoms with Gasteiger partial charge in [-0.15, -0.1) is 10.2 Å². The van der Waals surface area contributed by atoms with E-state index in [1.54, 1.807) is 6.33 Å². The smallest absolute Gasteiger partial charge is 0.163 e. The summed E-state index contributed by atoms with van der Waals surface area (Å²) >= 11 is 0. The molecule has 7 nitrogen and oxygen atoms in total. The van der Waals surface area contributed by atoms with Gasteiger partial charge in [-0.05, 0) is 12.8 Å². The minimum atomic E-state index is -0.00286. The van der Waals surface area contributed by atoms with Crippen molar-refractivity contribution < 1.29 is 4.74 Å². The van der Waals surface area contributed by atoms with Crippen LogP contribution in [0.25, 0.3) is 0 Å². The van der Waals surface area contributed by atoms with Crippen molar-refractivity contribution in [3.8, 4) is 0 Å². The second kappa shape index (κ2) is 7.23. The number of nitrogens with zero attached hydrogens (tertiary/aromatic N) is 6. The third-order valence-electron chi connectivity index (χ3n) is 4.07. The zero-order chi connectivity index (χ0) is 16.2. The summed E-state index contributed by atoms with van der Waals surface area (Å²) < 4.78 is 9.99. The number of morpholine rings is 1. The maximum absolute atomic E-state index is 5.90. The first-order valence-corrected chi connectivity index (χ1v) is 8.38. The van der Waals surface area contributed by atoms with Crippen molar-refractivity contribution in [1.29, 1.82) is 0 Å². The molecule has 1 atom stereocenters. The van der Waals surface area contributed by atoms with Crippen LogP contribution in [0.1, 0.15) is 38.3 Å². The van der Waals surface area contributed by atoms with E-state index in [1.807, 2.05) is 10.9 Å². The minimum Gasteiger partial charge on any atom is -0.368 e. The SMILES string of the molecule is CCn1cnnc1[C@H]1CN(Cc2cnn(CC(C)C)c2)CCO1. The van der Waals surface area contributed by atoms with E-state index < -0.39 is 0 Å². The van der Waals surface area contributed by atoms with Crippen LogP contribution < -0.4 is 0 Å². The molecule has 3 heterocycles. The Balaban J connectivity index is 1.61. The number of rotatable bonds is 6. The third-order valence-corrected chi connectivity index (χ3v) is 4.07. The van der Waals surface area contributed by atoms with Crippen molar-refractivity contribution in [3.05, 3.63) is 30.1 Å². The molecule has 7 heteroatoms. The lowest BCUT2D eigenvalue weighted by atomic mass is 10.2. The van der Waals surface area contributed by atoms with Gasteiger partial charge in [0.15, 0.2) is 5.82 Å². The summed E-state index contributed by atoms with van der Waals surface area (Å²) in [7, 11) is 0. The van der Waals surface area contributed by atoms with Crippen molar-refractivity contribution >= 4 is 0 Å². The fraction of sp³-hybridized carbons (Fsp3) is 0.688. The van der Waals surface area contributed by atoms with Gasteiger partial charge in [-0.2, -0.15) is 5.10 Å². The predicted molar refractivity (Wildman–Crippen MR) is 86.7 cm³/mol. The van der Waals surface area contributed by atoms with Gasteiger partial charge < -0.3 is 9.30 Å². The van der Waals surface area contributed by atoms with E-state index in [0.29, 0.717) is 5.92 Å². The predicted octanol–water partition coefficient (Wildman–Crippen LogP) is 1.72. The second-order valence-electron chi connectivity index (χ2n) is 6.53. The summed E-state index contributed by atoms with van der Waals surface area (Å²) in [6, 6.07) is 0. The standard InChI is InChI=1S/C16H26N6O/c1-4-21-12-17-19-16(21)15-11-20(5-6-23-15)9-14-7-18-22(10-14)8-13(2)3/h7,10,12-13,15H,4-6,8-9,11H2,1-3H3/t15-/m1/s1. The lowest BCUT2D eigenvalue weighted by molar-refractivity contribution is -0.0388. The molecule has 0 amide bonds. The molecule has 1 aliphatic rings. The van der Waals surface area contributed by atoms with E-state index in [4.69, 9.17) is 4.74 Å². The molecule has 0 aromatic carbocycles. The van der Waals surface area contributed by atoms with Crippen LogP contribution in [0, 0.1) is 5.92 Å². The van der Waals surface area contributed by atoms with Crippen molar-refractivity contribution in [2.45, 2.75) is 46.5 Å². The summed E-state index contributed by atoms with van der Waals surface area (Å²) in [5.74, 6) is 1.53. The average molecular weight is 318 g/mol. The molecule has 0 radical (unpaired) electrons. The fourth-order valence-electron chi connectivity index (χ4n) is 2.98. The van der Waals surface area contributed by atoms with Crippen LogP contribution in [-0.2, 0) is 24.4 Å². The van der Waals surface area contributed by atoms with E-state index in [1.165, 1.54) is 5.56 Å². The lowest BCUT2D eigenvalue weighted by Gasteiger charge is -2.32. The Morgan fingerprint density at radius 3 is 3.04 bits per heavy atom. The highest BCUT2D eigenvalue weighted by atomic mass is 16.5. The zero-order valence-corrected chi connectivity index (χ0v) is 14.2. The average Bonchev–Trinajstić information content (AvgIpc) is 3.16. The van der Waals surface area contributed by atoms with Gasteiger partial charge in [-0.3, -0.25) is 9.58 Å². The molecule has 0 bridgehead atoms. The molecule has 2 aromatic rings. The molecule has 1 aliphatic heterocycles. The van der Waals surface area contributed by atoms with Gasteiger partial charge >= 0.3 is 0 Å². The normalized spacial score (nSPS) is 19.6. The molecule has 0 saturated carbocycles. The van der Waals surface area contributed by atoms with E-state index in [9.17, 15) is 0 Å². The summed E-state index contributed by atoms with van der Waals surface area (Å²) in [5.41, 5.74) is 1.25. The summed E-state index contributed by atoms with van der Waals surface area (Å²) in [6.07, 6.45) is 5.89. The Morgan fingerprint density at radius 2 is 2.26 bits per heavy atom. The van der Waals surface area contributed by atoms with Crippen molar-refractivity contribution in [3.63, 3.8) is 0 Å². The Bertz CT molecular complexity index is 620. The number of aromatic nitrogens is 5.